The summed E-state index contributed by atoms with van der Waals surface area (Å²) in [6.45, 7) is 1.89. The SMILES string of the molecule is CCOc1cc([N+](=O)[O-])ccc1NC(=O)C1CC(=O)Nc2nc(Nc3ccc(Cl)cc3)[nH]c(=O)c21. The van der Waals surface area contributed by atoms with Crippen molar-refractivity contribution in [1.82, 2.24) is 9.97 Å². The number of nitro benzene ring substituents is 1. The number of nitrogens with zero attached hydrogens (tertiary/aromatic N) is 2. The second kappa shape index (κ2) is 9.81. The summed E-state index contributed by atoms with van der Waals surface area (Å²) in [7, 11) is 0. The van der Waals surface area contributed by atoms with Gasteiger partial charge in [0, 0.05) is 23.2 Å². The number of H-pyrrole nitrogens is 1. The van der Waals surface area contributed by atoms with E-state index in [0.717, 1.165) is 0 Å². The molecule has 0 bridgehead atoms. The van der Waals surface area contributed by atoms with Gasteiger partial charge in [0.25, 0.3) is 11.2 Å². The maximum absolute atomic E-state index is 13.1. The maximum atomic E-state index is 13.1. The lowest BCUT2D eigenvalue weighted by Crippen LogP contribution is -2.36. The van der Waals surface area contributed by atoms with Crippen molar-refractivity contribution in [3.63, 3.8) is 0 Å². The van der Waals surface area contributed by atoms with E-state index in [0.29, 0.717) is 10.7 Å². The molecule has 0 spiro atoms. The third-order valence-corrected chi connectivity index (χ3v) is 5.36. The van der Waals surface area contributed by atoms with Crippen LogP contribution in [0.2, 0.25) is 5.02 Å². The fraction of sp³-hybridized carbons (Fsp3) is 0.182. The Hall–Kier alpha value is -4.45. The summed E-state index contributed by atoms with van der Waals surface area (Å²) in [4.78, 5) is 55.7. The number of aromatic amines is 1. The number of aromatic nitrogens is 2. The average Bonchev–Trinajstić information content (AvgIpc) is 2.81. The van der Waals surface area contributed by atoms with Gasteiger partial charge in [0.15, 0.2) is 0 Å². The highest BCUT2D eigenvalue weighted by atomic mass is 35.5. The van der Waals surface area contributed by atoms with Crippen molar-refractivity contribution in [1.29, 1.82) is 0 Å². The molecule has 2 amide bonds. The fourth-order valence-electron chi connectivity index (χ4n) is 3.55. The first kappa shape index (κ1) is 23.7. The molecule has 1 aromatic heterocycles. The molecule has 1 unspecified atom stereocenters. The highest BCUT2D eigenvalue weighted by Crippen LogP contribution is 2.33. The zero-order chi connectivity index (χ0) is 25.1. The molecule has 13 heteroatoms. The number of benzene rings is 2. The number of hydrogen-bond donors (Lipinski definition) is 4. The summed E-state index contributed by atoms with van der Waals surface area (Å²) in [5, 5.41) is 19.6. The summed E-state index contributed by atoms with van der Waals surface area (Å²) >= 11 is 5.88. The van der Waals surface area contributed by atoms with Gasteiger partial charge in [-0.3, -0.25) is 29.5 Å². The Kier molecular flexibility index (Phi) is 6.64. The van der Waals surface area contributed by atoms with Crippen LogP contribution < -0.4 is 26.2 Å². The van der Waals surface area contributed by atoms with Gasteiger partial charge < -0.3 is 20.7 Å². The average molecular weight is 499 g/mol. The number of fused-ring (bicyclic) bond motifs is 1. The molecule has 0 radical (unpaired) electrons. The van der Waals surface area contributed by atoms with E-state index in [1.807, 2.05) is 0 Å². The minimum absolute atomic E-state index is 0.0105. The van der Waals surface area contributed by atoms with Crippen LogP contribution in [0.3, 0.4) is 0 Å². The van der Waals surface area contributed by atoms with E-state index in [4.69, 9.17) is 16.3 Å². The van der Waals surface area contributed by atoms with E-state index in [1.165, 1.54) is 18.2 Å². The molecule has 2 aromatic carbocycles. The van der Waals surface area contributed by atoms with Crippen LogP contribution in [0.4, 0.5) is 28.8 Å². The largest absolute Gasteiger partial charge is 0.491 e. The second-order valence-electron chi connectivity index (χ2n) is 7.47. The molecular weight excluding hydrogens is 480 g/mol. The molecular formula is C22H19ClN6O6. The van der Waals surface area contributed by atoms with Gasteiger partial charge in [-0.05, 0) is 37.3 Å². The van der Waals surface area contributed by atoms with Crippen molar-refractivity contribution in [3.05, 3.63) is 73.5 Å². The molecule has 0 fully saturated rings. The van der Waals surface area contributed by atoms with Crippen molar-refractivity contribution < 1.29 is 19.2 Å². The third-order valence-electron chi connectivity index (χ3n) is 5.11. The predicted octanol–water partition coefficient (Wildman–Crippen LogP) is 3.54. The van der Waals surface area contributed by atoms with E-state index in [9.17, 15) is 24.5 Å². The van der Waals surface area contributed by atoms with Gasteiger partial charge >= 0.3 is 0 Å². The van der Waals surface area contributed by atoms with Gasteiger partial charge in [-0.2, -0.15) is 4.98 Å². The molecule has 3 aromatic rings. The molecule has 12 nitrogen and oxygen atoms in total. The summed E-state index contributed by atoms with van der Waals surface area (Å²) in [6.07, 6.45) is -0.287. The Balaban J connectivity index is 1.63. The molecule has 1 atom stereocenters. The van der Waals surface area contributed by atoms with Crippen LogP contribution in [0, 0.1) is 10.1 Å². The molecule has 4 rings (SSSR count). The Morgan fingerprint density at radius 2 is 2.00 bits per heavy atom. The molecule has 0 saturated carbocycles. The molecule has 180 valence electrons. The second-order valence-corrected chi connectivity index (χ2v) is 7.91. The van der Waals surface area contributed by atoms with Crippen molar-refractivity contribution in [2.24, 2.45) is 0 Å². The van der Waals surface area contributed by atoms with Crippen LogP contribution in [0.1, 0.15) is 24.8 Å². The number of carbonyl (C=O) groups is 2. The number of rotatable bonds is 7. The van der Waals surface area contributed by atoms with E-state index in [1.54, 1.807) is 31.2 Å². The van der Waals surface area contributed by atoms with Crippen molar-refractivity contribution >= 4 is 52.2 Å². The minimum Gasteiger partial charge on any atom is -0.491 e. The first-order valence-electron chi connectivity index (χ1n) is 10.4. The molecule has 35 heavy (non-hydrogen) atoms. The lowest BCUT2D eigenvalue weighted by Gasteiger charge is -2.24. The Bertz CT molecular complexity index is 1370. The summed E-state index contributed by atoms with van der Waals surface area (Å²) < 4.78 is 5.41. The monoisotopic (exact) mass is 498 g/mol. The Morgan fingerprint density at radius 1 is 1.26 bits per heavy atom. The lowest BCUT2D eigenvalue weighted by atomic mass is 9.92. The third kappa shape index (κ3) is 5.22. The van der Waals surface area contributed by atoms with Gasteiger partial charge in [-0.15, -0.1) is 0 Å². The lowest BCUT2D eigenvalue weighted by molar-refractivity contribution is -0.384. The number of nitro groups is 1. The topological polar surface area (TPSA) is 168 Å². The van der Waals surface area contributed by atoms with E-state index in [2.05, 4.69) is 25.9 Å². The van der Waals surface area contributed by atoms with Crippen LogP contribution in [-0.2, 0) is 9.59 Å². The normalized spacial score (nSPS) is 14.5. The number of hydrogen-bond acceptors (Lipinski definition) is 8. The van der Waals surface area contributed by atoms with Gasteiger partial charge in [0.1, 0.15) is 11.6 Å². The van der Waals surface area contributed by atoms with E-state index >= 15 is 0 Å². The van der Waals surface area contributed by atoms with Crippen LogP contribution in [0.5, 0.6) is 5.75 Å². The Labute approximate surface area is 202 Å². The van der Waals surface area contributed by atoms with Crippen LogP contribution in [0.25, 0.3) is 0 Å². The number of nitrogens with one attached hydrogen (secondary N) is 4. The maximum Gasteiger partial charge on any atom is 0.273 e. The highest BCUT2D eigenvalue weighted by molar-refractivity contribution is 6.30. The predicted molar refractivity (Wildman–Crippen MR) is 128 cm³/mol. The molecule has 0 aliphatic carbocycles. The van der Waals surface area contributed by atoms with Crippen LogP contribution in [0.15, 0.2) is 47.3 Å². The van der Waals surface area contributed by atoms with Gasteiger partial charge in [-0.25, -0.2) is 0 Å². The minimum atomic E-state index is -1.15. The molecule has 0 saturated heterocycles. The number of halogens is 1. The van der Waals surface area contributed by atoms with Gasteiger partial charge in [0.05, 0.1) is 34.8 Å². The zero-order valence-corrected chi connectivity index (χ0v) is 19.0. The smallest absolute Gasteiger partial charge is 0.273 e. The van der Waals surface area contributed by atoms with Crippen molar-refractivity contribution in [3.8, 4) is 5.75 Å². The number of non-ortho nitro benzene ring substituents is 1. The number of anilines is 4. The van der Waals surface area contributed by atoms with E-state index in [-0.39, 0.29) is 47.5 Å². The van der Waals surface area contributed by atoms with Gasteiger partial charge in [0.2, 0.25) is 17.8 Å². The van der Waals surface area contributed by atoms with Crippen LogP contribution >= 0.6 is 11.6 Å². The summed E-state index contributed by atoms with van der Waals surface area (Å²) in [6, 6.07) is 10.4. The quantitative estimate of drug-likeness (QED) is 0.283. The summed E-state index contributed by atoms with van der Waals surface area (Å²) in [5.41, 5.74) is -0.0740. The number of carbonyl (C=O) groups excluding carboxylic acids is 2. The Morgan fingerprint density at radius 3 is 2.69 bits per heavy atom. The number of ether oxygens (including phenoxy) is 1. The van der Waals surface area contributed by atoms with Crippen molar-refractivity contribution in [2.45, 2.75) is 19.3 Å². The number of amides is 2. The first-order valence-corrected chi connectivity index (χ1v) is 10.8. The molecule has 2 heterocycles. The van der Waals surface area contributed by atoms with Crippen LogP contribution in [-0.4, -0.2) is 33.3 Å². The summed E-state index contributed by atoms with van der Waals surface area (Å²) in [5.74, 6) is -2.21. The van der Waals surface area contributed by atoms with E-state index < -0.39 is 28.2 Å². The highest BCUT2D eigenvalue weighted by Gasteiger charge is 2.35. The zero-order valence-electron chi connectivity index (χ0n) is 18.3. The molecule has 1 aliphatic rings. The molecule has 4 N–H and O–H groups in total. The first-order chi connectivity index (χ1) is 16.7. The molecule has 1 aliphatic heterocycles. The fourth-order valence-corrected chi connectivity index (χ4v) is 3.67. The van der Waals surface area contributed by atoms with Crippen molar-refractivity contribution in [2.75, 3.05) is 22.6 Å². The van der Waals surface area contributed by atoms with Gasteiger partial charge in [-0.1, -0.05) is 11.6 Å². The standard InChI is InChI=1S/C22H19ClN6O6/c1-2-35-16-9-13(29(33)34)7-8-15(16)25-20(31)14-10-17(30)26-19-18(14)21(32)28-22(27-19)24-12-5-3-11(23)4-6-12/h3-9,14H,2,10H2,1H3,(H,25,31)(H3,24,26,27,28,30,32).